The molecule has 0 atom stereocenters. The number of hydrogen-bond acceptors (Lipinski definition) is 2. The highest BCUT2D eigenvalue weighted by atomic mass is 16.7. The van der Waals surface area contributed by atoms with Gasteiger partial charge in [-0.05, 0) is 12.1 Å². The molecule has 0 saturated heterocycles. The van der Waals surface area contributed by atoms with Gasteiger partial charge in [0.05, 0.1) is 0 Å². The molecule has 0 spiro atoms. The van der Waals surface area contributed by atoms with Crippen LogP contribution >= 0.6 is 0 Å². The molecule has 0 amide bonds. The van der Waals surface area contributed by atoms with E-state index in [2.05, 4.69) is 0 Å². The van der Waals surface area contributed by atoms with E-state index in [1.807, 2.05) is 61.5 Å². The second kappa shape index (κ2) is 3.27. The number of ether oxygens (including phenoxy) is 2. The van der Waals surface area contributed by atoms with Gasteiger partial charge >= 0.3 is 0 Å². The van der Waals surface area contributed by atoms with Crippen LogP contribution in [0.5, 0.6) is 11.5 Å². The lowest BCUT2D eigenvalue weighted by atomic mass is 10.1. The van der Waals surface area contributed by atoms with E-state index in [1.165, 1.54) is 0 Å². The molecule has 0 fully saturated rings. The molecule has 0 aromatic heterocycles. The van der Waals surface area contributed by atoms with E-state index < -0.39 is 5.79 Å². The fourth-order valence-electron chi connectivity index (χ4n) is 1.92. The van der Waals surface area contributed by atoms with Crippen LogP contribution in [0.25, 0.3) is 0 Å². The Morgan fingerprint density at radius 2 is 1.25 bits per heavy atom. The molecule has 1 aliphatic heterocycles. The van der Waals surface area contributed by atoms with Crippen molar-refractivity contribution in [3.05, 3.63) is 60.2 Å². The van der Waals surface area contributed by atoms with Crippen LogP contribution in [0.2, 0.25) is 0 Å². The molecule has 0 radical (unpaired) electrons. The Morgan fingerprint density at radius 1 is 0.750 bits per heavy atom. The van der Waals surface area contributed by atoms with Gasteiger partial charge in [-0.15, -0.1) is 0 Å². The third-order valence-corrected chi connectivity index (χ3v) is 2.76. The minimum Gasteiger partial charge on any atom is -0.445 e. The number of para-hydroxylation sites is 2. The molecule has 16 heavy (non-hydrogen) atoms. The largest absolute Gasteiger partial charge is 0.445 e. The summed E-state index contributed by atoms with van der Waals surface area (Å²) in [5.74, 6) is 0.896. The van der Waals surface area contributed by atoms with Crippen LogP contribution in [-0.2, 0) is 5.79 Å². The lowest BCUT2D eigenvalue weighted by Gasteiger charge is -2.23. The third-order valence-electron chi connectivity index (χ3n) is 2.76. The fourth-order valence-corrected chi connectivity index (χ4v) is 1.92. The Labute approximate surface area is 94.4 Å². The van der Waals surface area contributed by atoms with Gasteiger partial charge in [-0.3, -0.25) is 0 Å². The molecule has 80 valence electrons. The molecule has 0 saturated carbocycles. The molecule has 2 nitrogen and oxygen atoms in total. The zero-order chi connectivity index (χ0) is 11.0. The van der Waals surface area contributed by atoms with Crippen molar-refractivity contribution in [3.63, 3.8) is 0 Å². The van der Waals surface area contributed by atoms with Crippen molar-refractivity contribution in [2.75, 3.05) is 0 Å². The van der Waals surface area contributed by atoms with Crippen molar-refractivity contribution in [1.82, 2.24) is 0 Å². The van der Waals surface area contributed by atoms with E-state index in [9.17, 15) is 0 Å². The summed E-state index contributed by atoms with van der Waals surface area (Å²) in [6.45, 7) is 1.93. The zero-order valence-electron chi connectivity index (χ0n) is 9.01. The quantitative estimate of drug-likeness (QED) is 0.721. The van der Waals surface area contributed by atoms with Crippen molar-refractivity contribution in [3.8, 4) is 11.5 Å². The Bertz CT molecular complexity index is 480. The van der Waals surface area contributed by atoms with Crippen molar-refractivity contribution >= 4 is 0 Å². The maximum absolute atomic E-state index is 5.86. The summed E-state index contributed by atoms with van der Waals surface area (Å²) < 4.78 is 11.7. The molecule has 3 rings (SSSR count). The monoisotopic (exact) mass is 212 g/mol. The summed E-state index contributed by atoms with van der Waals surface area (Å²) in [4.78, 5) is 0. The van der Waals surface area contributed by atoms with Crippen LogP contribution in [-0.4, -0.2) is 0 Å². The Hall–Kier alpha value is -1.96. The molecule has 0 bridgehead atoms. The van der Waals surface area contributed by atoms with E-state index in [0.717, 1.165) is 17.1 Å². The Morgan fingerprint density at radius 3 is 1.81 bits per heavy atom. The molecule has 2 heteroatoms. The summed E-state index contributed by atoms with van der Waals surface area (Å²) in [6.07, 6.45) is 0. The zero-order valence-corrected chi connectivity index (χ0v) is 9.01. The highest BCUT2D eigenvalue weighted by molar-refractivity contribution is 5.44. The second-order valence-corrected chi connectivity index (χ2v) is 3.96. The highest BCUT2D eigenvalue weighted by Crippen LogP contribution is 2.43. The summed E-state index contributed by atoms with van der Waals surface area (Å²) in [5.41, 5.74) is 1.02. The van der Waals surface area contributed by atoms with Crippen LogP contribution in [0, 0.1) is 0 Å². The van der Waals surface area contributed by atoms with Crippen LogP contribution in [0.3, 0.4) is 0 Å². The fraction of sp³-hybridized carbons (Fsp3) is 0.143. The van der Waals surface area contributed by atoms with Crippen LogP contribution in [0.15, 0.2) is 54.6 Å². The minimum atomic E-state index is -0.703. The molecule has 1 aliphatic rings. The molecule has 0 unspecified atom stereocenters. The van der Waals surface area contributed by atoms with Gasteiger partial charge in [-0.2, -0.15) is 0 Å². The molecule has 0 aliphatic carbocycles. The predicted molar refractivity (Wildman–Crippen MR) is 61.5 cm³/mol. The maximum Gasteiger partial charge on any atom is 0.275 e. The van der Waals surface area contributed by atoms with E-state index in [4.69, 9.17) is 9.47 Å². The lowest BCUT2D eigenvalue weighted by Crippen LogP contribution is -2.31. The van der Waals surface area contributed by atoms with Crippen LogP contribution < -0.4 is 9.47 Å². The van der Waals surface area contributed by atoms with E-state index >= 15 is 0 Å². The van der Waals surface area contributed by atoms with Gasteiger partial charge < -0.3 is 9.47 Å². The first-order valence-corrected chi connectivity index (χ1v) is 5.30. The van der Waals surface area contributed by atoms with Crippen molar-refractivity contribution in [2.45, 2.75) is 12.7 Å². The smallest absolute Gasteiger partial charge is 0.275 e. The van der Waals surface area contributed by atoms with Gasteiger partial charge in [0.1, 0.15) is 0 Å². The molecule has 2 aromatic carbocycles. The van der Waals surface area contributed by atoms with Gasteiger partial charge in [0, 0.05) is 12.5 Å². The number of hydrogen-bond donors (Lipinski definition) is 0. The molecule has 2 aromatic rings. The Balaban J connectivity index is 2.01. The Kier molecular flexibility index (Phi) is 1.90. The summed E-state index contributed by atoms with van der Waals surface area (Å²) in [7, 11) is 0. The minimum absolute atomic E-state index is 0.703. The van der Waals surface area contributed by atoms with Gasteiger partial charge in [-0.25, -0.2) is 0 Å². The van der Waals surface area contributed by atoms with E-state index in [-0.39, 0.29) is 0 Å². The number of rotatable bonds is 1. The SMILES string of the molecule is CC1(c2ccccc2)Oc2ccccc2O1. The average molecular weight is 212 g/mol. The maximum atomic E-state index is 5.86. The highest BCUT2D eigenvalue weighted by Gasteiger charge is 2.38. The van der Waals surface area contributed by atoms with Gasteiger partial charge in [-0.1, -0.05) is 42.5 Å². The van der Waals surface area contributed by atoms with Crippen LogP contribution in [0.1, 0.15) is 12.5 Å². The third kappa shape index (κ3) is 1.34. The first-order valence-electron chi connectivity index (χ1n) is 5.30. The second-order valence-electron chi connectivity index (χ2n) is 3.96. The van der Waals surface area contributed by atoms with Crippen molar-refractivity contribution < 1.29 is 9.47 Å². The van der Waals surface area contributed by atoms with Crippen molar-refractivity contribution in [2.24, 2.45) is 0 Å². The summed E-state index contributed by atoms with van der Waals surface area (Å²) >= 11 is 0. The average Bonchev–Trinajstić information content (AvgIpc) is 2.68. The standard InChI is InChI=1S/C14H12O2/c1-14(11-7-3-2-4-8-11)15-12-9-5-6-10-13(12)16-14/h2-10H,1H3. The topological polar surface area (TPSA) is 18.5 Å². The van der Waals surface area contributed by atoms with Crippen LogP contribution in [0.4, 0.5) is 0 Å². The van der Waals surface area contributed by atoms with Crippen molar-refractivity contribution in [1.29, 1.82) is 0 Å². The summed E-state index contributed by atoms with van der Waals surface area (Å²) in [5, 5.41) is 0. The first kappa shape index (κ1) is 9.28. The van der Waals surface area contributed by atoms with E-state index in [0.29, 0.717) is 0 Å². The van der Waals surface area contributed by atoms with Gasteiger partial charge in [0.25, 0.3) is 5.79 Å². The van der Waals surface area contributed by atoms with Gasteiger partial charge in [0.2, 0.25) is 0 Å². The molecule has 1 heterocycles. The van der Waals surface area contributed by atoms with Gasteiger partial charge in [0.15, 0.2) is 11.5 Å². The normalized spacial score (nSPS) is 16.1. The molecular weight excluding hydrogens is 200 g/mol. The number of benzene rings is 2. The van der Waals surface area contributed by atoms with E-state index in [1.54, 1.807) is 0 Å². The lowest BCUT2D eigenvalue weighted by molar-refractivity contribution is -0.0680. The number of fused-ring (bicyclic) bond motifs is 1. The first-order chi connectivity index (χ1) is 7.78. The summed E-state index contributed by atoms with van der Waals surface area (Å²) in [6, 6.07) is 17.7. The predicted octanol–water partition coefficient (Wildman–Crippen LogP) is 3.33. The molecular formula is C14H12O2. The molecule has 0 N–H and O–H groups in total.